The normalized spacial score (nSPS) is 12.8. The van der Waals surface area contributed by atoms with Crippen LogP contribution in [0, 0.1) is 5.92 Å². The van der Waals surface area contributed by atoms with Gasteiger partial charge >= 0.3 is 0 Å². The molecule has 0 spiro atoms. The van der Waals surface area contributed by atoms with E-state index in [1.807, 2.05) is 13.8 Å². The third-order valence-electron chi connectivity index (χ3n) is 2.10. The van der Waals surface area contributed by atoms with Crippen LogP contribution in [0.1, 0.15) is 30.6 Å². The van der Waals surface area contributed by atoms with Crippen LogP contribution in [0.25, 0.3) is 0 Å². The Bertz CT molecular complexity index is 349. The number of hydrogen-bond acceptors (Lipinski definition) is 3. The van der Waals surface area contributed by atoms with Gasteiger partial charge in [0.2, 0.25) is 5.22 Å². The van der Waals surface area contributed by atoms with Crippen molar-refractivity contribution >= 4 is 17.5 Å². The van der Waals surface area contributed by atoms with Crippen LogP contribution in [0.4, 0.5) is 0 Å². The molecule has 1 heterocycles. The Morgan fingerprint density at radius 1 is 1.62 bits per heavy atom. The fraction of sp³-hybridized carbons (Fsp3) is 0.545. The summed E-state index contributed by atoms with van der Waals surface area (Å²) in [5, 5.41) is 12.2. The summed E-state index contributed by atoms with van der Waals surface area (Å²) in [7, 11) is 0. The smallest absolute Gasteiger partial charge is 0.256 e. The topological polar surface area (TPSA) is 62.5 Å². The van der Waals surface area contributed by atoms with E-state index >= 15 is 0 Å². The minimum absolute atomic E-state index is 0.0656. The number of hydrogen-bond donors (Lipinski definition) is 2. The summed E-state index contributed by atoms with van der Waals surface area (Å²) in [6.07, 6.45) is 1.47. The number of carbonyl (C=O) groups is 1. The highest BCUT2D eigenvalue weighted by molar-refractivity contribution is 6.32. The highest BCUT2D eigenvalue weighted by atomic mass is 35.5. The summed E-state index contributed by atoms with van der Waals surface area (Å²) >= 11 is 5.64. The molecule has 0 radical (unpaired) electrons. The summed E-state index contributed by atoms with van der Waals surface area (Å²) in [5.41, 5.74) is 0.290. The number of furan rings is 1. The lowest BCUT2D eigenvalue weighted by Crippen LogP contribution is -2.32. The summed E-state index contributed by atoms with van der Waals surface area (Å²) in [4.78, 5) is 11.6. The van der Waals surface area contributed by atoms with Gasteiger partial charge < -0.3 is 14.8 Å². The number of aliphatic hydroxyl groups is 1. The van der Waals surface area contributed by atoms with Crippen molar-refractivity contribution in [1.82, 2.24) is 5.32 Å². The first kappa shape index (κ1) is 13.1. The number of rotatable bonds is 5. The third-order valence-corrected chi connectivity index (χ3v) is 2.40. The lowest BCUT2D eigenvalue weighted by molar-refractivity contribution is 0.0900. The molecule has 16 heavy (non-hydrogen) atoms. The van der Waals surface area contributed by atoms with E-state index in [4.69, 9.17) is 16.0 Å². The molecular formula is C11H16ClNO3. The molecule has 0 fully saturated rings. The third kappa shape index (κ3) is 3.87. The Morgan fingerprint density at radius 2 is 2.31 bits per heavy atom. The van der Waals surface area contributed by atoms with E-state index in [1.165, 1.54) is 12.3 Å². The zero-order valence-corrected chi connectivity index (χ0v) is 10.1. The van der Waals surface area contributed by atoms with Crippen molar-refractivity contribution in [3.63, 3.8) is 0 Å². The molecule has 0 aromatic carbocycles. The Hall–Kier alpha value is -1.00. The average molecular weight is 246 g/mol. The van der Waals surface area contributed by atoms with E-state index in [9.17, 15) is 9.90 Å². The maximum Gasteiger partial charge on any atom is 0.256 e. The number of carbonyl (C=O) groups excluding carboxylic acids is 1. The first-order valence-corrected chi connectivity index (χ1v) is 5.57. The number of aliphatic hydroxyl groups excluding tert-OH is 1. The number of amides is 1. The van der Waals surface area contributed by atoms with Crippen LogP contribution < -0.4 is 5.32 Å². The van der Waals surface area contributed by atoms with Crippen molar-refractivity contribution < 1.29 is 14.3 Å². The highest BCUT2D eigenvalue weighted by Gasteiger charge is 2.14. The molecule has 0 aliphatic heterocycles. The predicted octanol–water partition coefficient (Wildman–Crippen LogP) is 2.07. The van der Waals surface area contributed by atoms with E-state index in [0.717, 1.165) is 0 Å². The molecule has 1 atom stereocenters. The summed E-state index contributed by atoms with van der Waals surface area (Å²) in [6.45, 7) is 4.24. The van der Waals surface area contributed by atoms with Gasteiger partial charge in [0.15, 0.2) is 0 Å². The summed E-state index contributed by atoms with van der Waals surface area (Å²) in [5.74, 6) is 0.0611. The van der Waals surface area contributed by atoms with Crippen molar-refractivity contribution in [3.05, 3.63) is 23.1 Å². The maximum absolute atomic E-state index is 11.6. The summed E-state index contributed by atoms with van der Waals surface area (Å²) in [6, 6.07) is 1.49. The molecule has 1 unspecified atom stereocenters. The second-order valence-electron chi connectivity index (χ2n) is 4.10. The second-order valence-corrected chi connectivity index (χ2v) is 4.44. The summed E-state index contributed by atoms with van der Waals surface area (Å²) < 4.78 is 4.80. The Balaban J connectivity index is 2.39. The SMILES string of the molecule is CC(C)CC(O)CNC(=O)c1ccoc1Cl. The number of nitrogens with one attached hydrogen (secondary N) is 1. The van der Waals surface area contributed by atoms with Crippen molar-refractivity contribution in [3.8, 4) is 0 Å². The van der Waals surface area contributed by atoms with Crippen molar-refractivity contribution in [2.24, 2.45) is 5.92 Å². The van der Waals surface area contributed by atoms with Gasteiger partial charge in [0.05, 0.1) is 17.9 Å². The van der Waals surface area contributed by atoms with E-state index in [-0.39, 0.29) is 17.7 Å². The monoisotopic (exact) mass is 245 g/mol. The molecule has 2 N–H and O–H groups in total. The molecule has 1 aromatic rings. The molecule has 5 heteroatoms. The largest absolute Gasteiger partial charge is 0.452 e. The Morgan fingerprint density at radius 3 is 2.81 bits per heavy atom. The maximum atomic E-state index is 11.6. The van der Waals surface area contributed by atoms with E-state index in [0.29, 0.717) is 17.9 Å². The van der Waals surface area contributed by atoms with Gasteiger partial charge in [-0.25, -0.2) is 0 Å². The van der Waals surface area contributed by atoms with Crippen LogP contribution in [0.3, 0.4) is 0 Å². The van der Waals surface area contributed by atoms with Crippen LogP contribution in [-0.2, 0) is 0 Å². The molecule has 0 saturated heterocycles. The van der Waals surface area contributed by atoms with E-state index in [2.05, 4.69) is 5.32 Å². The van der Waals surface area contributed by atoms with Crippen molar-refractivity contribution in [1.29, 1.82) is 0 Å². The van der Waals surface area contributed by atoms with Gasteiger partial charge in [-0.15, -0.1) is 0 Å². The zero-order chi connectivity index (χ0) is 12.1. The highest BCUT2D eigenvalue weighted by Crippen LogP contribution is 2.16. The van der Waals surface area contributed by atoms with Crippen molar-refractivity contribution in [2.45, 2.75) is 26.4 Å². The van der Waals surface area contributed by atoms with Crippen LogP contribution in [0.2, 0.25) is 5.22 Å². The van der Waals surface area contributed by atoms with Gasteiger partial charge in [-0.2, -0.15) is 0 Å². The molecule has 1 aromatic heterocycles. The molecular weight excluding hydrogens is 230 g/mol. The first-order chi connectivity index (χ1) is 7.50. The van der Waals surface area contributed by atoms with Gasteiger partial charge in [0.1, 0.15) is 0 Å². The molecule has 1 amide bonds. The van der Waals surface area contributed by atoms with Gasteiger partial charge in [-0.1, -0.05) is 13.8 Å². The standard InChI is InChI=1S/C11H16ClNO3/c1-7(2)5-8(14)6-13-11(15)9-3-4-16-10(9)12/h3-4,7-8,14H,5-6H2,1-2H3,(H,13,15). The second kappa shape index (κ2) is 5.92. The fourth-order valence-corrected chi connectivity index (χ4v) is 1.59. The van der Waals surface area contributed by atoms with Gasteiger partial charge in [-0.05, 0) is 30.0 Å². The Labute approximate surface area is 99.6 Å². The molecule has 0 aliphatic rings. The minimum Gasteiger partial charge on any atom is -0.452 e. The lowest BCUT2D eigenvalue weighted by Gasteiger charge is -2.13. The number of halogens is 1. The zero-order valence-electron chi connectivity index (χ0n) is 9.37. The molecule has 0 aliphatic carbocycles. The first-order valence-electron chi connectivity index (χ1n) is 5.20. The molecule has 4 nitrogen and oxygen atoms in total. The molecule has 90 valence electrons. The van der Waals surface area contributed by atoms with E-state index in [1.54, 1.807) is 0 Å². The average Bonchev–Trinajstić information content (AvgIpc) is 2.60. The Kier molecular flexibility index (Phi) is 4.83. The molecule has 1 rings (SSSR count). The van der Waals surface area contributed by atoms with Crippen molar-refractivity contribution in [2.75, 3.05) is 6.54 Å². The molecule has 0 bridgehead atoms. The predicted molar refractivity (Wildman–Crippen MR) is 61.5 cm³/mol. The minimum atomic E-state index is -0.533. The van der Waals surface area contributed by atoms with Crippen LogP contribution >= 0.6 is 11.6 Å². The lowest BCUT2D eigenvalue weighted by atomic mass is 10.1. The van der Waals surface area contributed by atoms with Crippen LogP contribution in [0.15, 0.2) is 16.7 Å². The quantitative estimate of drug-likeness (QED) is 0.835. The van der Waals surface area contributed by atoms with Gasteiger partial charge in [0.25, 0.3) is 5.91 Å². The van der Waals surface area contributed by atoms with E-state index < -0.39 is 6.10 Å². The molecule has 0 saturated carbocycles. The van der Waals surface area contributed by atoms with Crippen LogP contribution in [0.5, 0.6) is 0 Å². The van der Waals surface area contributed by atoms with Gasteiger partial charge in [-0.3, -0.25) is 4.79 Å². The van der Waals surface area contributed by atoms with Gasteiger partial charge in [0, 0.05) is 6.54 Å². The van der Waals surface area contributed by atoms with Crippen LogP contribution in [-0.4, -0.2) is 23.7 Å². The fourth-order valence-electron chi connectivity index (χ4n) is 1.39.